The smallest absolute Gasteiger partial charge is 0.276 e. The van der Waals surface area contributed by atoms with E-state index in [1.54, 1.807) is 0 Å². The van der Waals surface area contributed by atoms with E-state index in [-0.39, 0.29) is 5.91 Å². The molecule has 1 amide bonds. The van der Waals surface area contributed by atoms with Crippen molar-refractivity contribution in [3.63, 3.8) is 0 Å². The average Bonchev–Trinajstić information content (AvgIpc) is 3.51. The Morgan fingerprint density at radius 2 is 1.91 bits per heavy atom. The van der Waals surface area contributed by atoms with Crippen LogP contribution in [-0.4, -0.2) is 54.6 Å². The van der Waals surface area contributed by atoms with Crippen molar-refractivity contribution < 1.29 is 4.79 Å². The Morgan fingerprint density at radius 1 is 0.971 bits per heavy atom. The van der Waals surface area contributed by atoms with Crippen LogP contribution in [0.25, 0.3) is 33.3 Å². The molecule has 9 nitrogen and oxygen atoms in total. The Kier molecular flexibility index (Phi) is 5.31. The van der Waals surface area contributed by atoms with Crippen LogP contribution >= 0.6 is 0 Å². The first-order valence-electron chi connectivity index (χ1n) is 11.6. The predicted octanol–water partition coefficient (Wildman–Crippen LogP) is 3.97. The maximum Gasteiger partial charge on any atom is 0.276 e. The summed E-state index contributed by atoms with van der Waals surface area (Å²) >= 11 is 0. The number of carbonyl (C=O) groups excluding carboxylic acids is 1. The molecule has 1 aliphatic rings. The van der Waals surface area contributed by atoms with Gasteiger partial charge in [0.15, 0.2) is 5.69 Å². The highest BCUT2D eigenvalue weighted by Crippen LogP contribution is 2.27. The molecule has 174 valence electrons. The molecule has 0 aliphatic carbocycles. The normalized spacial score (nSPS) is 14.7. The van der Waals surface area contributed by atoms with Crippen LogP contribution < -0.4 is 5.32 Å². The number of aryl methyl sites for hydroxylation is 1. The summed E-state index contributed by atoms with van der Waals surface area (Å²) in [6.45, 7) is 2.48. The summed E-state index contributed by atoms with van der Waals surface area (Å²) < 4.78 is 1.86. The van der Waals surface area contributed by atoms with E-state index in [9.17, 15) is 4.79 Å². The number of aromatic nitrogens is 6. The number of nitrogens with one attached hydrogen (secondary N) is 2. The van der Waals surface area contributed by atoms with Gasteiger partial charge in [-0.3, -0.25) is 19.6 Å². The second-order valence-corrected chi connectivity index (χ2v) is 8.91. The summed E-state index contributed by atoms with van der Waals surface area (Å²) in [6.07, 6.45) is 6.64. The van der Waals surface area contributed by atoms with E-state index in [1.807, 2.05) is 65.7 Å². The molecule has 8 bridgehead atoms. The minimum absolute atomic E-state index is 0.280. The monoisotopic (exact) mass is 464 g/mol. The number of benzene rings is 2. The van der Waals surface area contributed by atoms with Crippen LogP contribution in [0, 0.1) is 0 Å². The van der Waals surface area contributed by atoms with Gasteiger partial charge in [-0.2, -0.15) is 5.10 Å². The number of hydrogen-bond acceptors (Lipinski definition) is 6. The van der Waals surface area contributed by atoms with Gasteiger partial charge >= 0.3 is 0 Å². The van der Waals surface area contributed by atoms with Gasteiger partial charge in [-0.1, -0.05) is 23.4 Å². The highest BCUT2D eigenvalue weighted by atomic mass is 16.1. The number of amides is 1. The molecule has 0 fully saturated rings. The number of aromatic amines is 1. The van der Waals surface area contributed by atoms with Crippen LogP contribution in [0.15, 0.2) is 67.1 Å². The fraction of sp³-hybridized carbons (Fsp3) is 0.192. The van der Waals surface area contributed by atoms with E-state index in [0.29, 0.717) is 11.4 Å². The van der Waals surface area contributed by atoms with Crippen molar-refractivity contribution in [1.29, 1.82) is 0 Å². The van der Waals surface area contributed by atoms with E-state index < -0.39 is 0 Å². The summed E-state index contributed by atoms with van der Waals surface area (Å²) in [5, 5.41) is 19.6. The third-order valence-electron chi connectivity index (χ3n) is 6.24. The van der Waals surface area contributed by atoms with Crippen LogP contribution in [0.1, 0.15) is 22.5 Å². The maximum absolute atomic E-state index is 13.2. The lowest BCUT2D eigenvalue weighted by atomic mass is 10.0. The standard InChI is InChI=1S/C26H24N8O/c1-33-8-3-9-34-16-24(30-32-34)19-4-2-5-21(11-19)28-26(35)25-22-12-18(6-7-23(22)29-31-25)20-10-17(15-33)13-27-14-20/h2,4-7,10-14,16H,3,8-9,15H2,1H3,(H,28,35)(H,29,31). The first-order valence-corrected chi connectivity index (χ1v) is 11.6. The lowest BCUT2D eigenvalue weighted by Crippen LogP contribution is -2.20. The molecule has 6 rings (SSSR count). The van der Waals surface area contributed by atoms with E-state index in [0.717, 1.165) is 64.9 Å². The van der Waals surface area contributed by atoms with Gasteiger partial charge in [0.05, 0.1) is 11.7 Å². The SMILES string of the molecule is CN1CCCn2cc(nn2)-c2cccc(c2)NC(=O)c2n[nH]c3ccc(cc23)-c2cncc(c2)C1. The Bertz CT molecular complexity index is 1540. The molecule has 35 heavy (non-hydrogen) atoms. The van der Waals surface area contributed by atoms with E-state index in [4.69, 9.17) is 0 Å². The summed E-state index contributed by atoms with van der Waals surface area (Å²) in [7, 11) is 2.11. The molecule has 4 heterocycles. The summed E-state index contributed by atoms with van der Waals surface area (Å²) in [5.41, 5.74) is 6.59. The Morgan fingerprint density at radius 3 is 2.86 bits per heavy atom. The minimum atomic E-state index is -0.280. The van der Waals surface area contributed by atoms with Crippen molar-refractivity contribution in [3.05, 3.63) is 78.4 Å². The van der Waals surface area contributed by atoms with Crippen LogP contribution in [0.5, 0.6) is 0 Å². The quantitative estimate of drug-likeness (QED) is 0.359. The topological polar surface area (TPSA) is 105 Å². The molecule has 0 unspecified atom stereocenters. The number of anilines is 1. The Balaban J connectivity index is 1.43. The molecule has 0 saturated carbocycles. The van der Waals surface area contributed by atoms with Crippen molar-refractivity contribution >= 4 is 22.5 Å². The molecular formula is C26H24N8O. The molecule has 5 aromatic rings. The summed E-state index contributed by atoms with van der Waals surface area (Å²) in [6, 6.07) is 15.7. The van der Waals surface area contributed by atoms with Crippen molar-refractivity contribution in [3.8, 4) is 22.4 Å². The van der Waals surface area contributed by atoms with Gasteiger partial charge < -0.3 is 10.2 Å². The number of fused-ring (bicyclic) bond motifs is 9. The van der Waals surface area contributed by atoms with Crippen LogP contribution in [0.2, 0.25) is 0 Å². The van der Waals surface area contributed by atoms with Gasteiger partial charge in [0, 0.05) is 47.7 Å². The summed E-state index contributed by atoms with van der Waals surface area (Å²) in [4.78, 5) is 19.9. The van der Waals surface area contributed by atoms with Crippen molar-refractivity contribution in [2.45, 2.75) is 19.5 Å². The zero-order valence-corrected chi connectivity index (χ0v) is 19.3. The third-order valence-corrected chi connectivity index (χ3v) is 6.24. The zero-order chi connectivity index (χ0) is 23.8. The second-order valence-electron chi connectivity index (χ2n) is 8.91. The highest BCUT2D eigenvalue weighted by molar-refractivity contribution is 6.11. The largest absolute Gasteiger partial charge is 0.321 e. The minimum Gasteiger partial charge on any atom is -0.321 e. The van der Waals surface area contributed by atoms with Crippen LogP contribution in [0.3, 0.4) is 0 Å². The molecule has 0 spiro atoms. The van der Waals surface area contributed by atoms with Crippen LogP contribution in [0.4, 0.5) is 5.69 Å². The number of pyridine rings is 1. The predicted molar refractivity (Wildman–Crippen MR) is 134 cm³/mol. The molecule has 0 atom stereocenters. The van der Waals surface area contributed by atoms with Gasteiger partial charge in [-0.15, -0.1) is 5.10 Å². The molecule has 2 aromatic carbocycles. The molecule has 0 saturated heterocycles. The van der Waals surface area contributed by atoms with Gasteiger partial charge in [0.2, 0.25) is 0 Å². The first kappa shape index (κ1) is 21.2. The number of hydrogen-bond donors (Lipinski definition) is 2. The van der Waals surface area contributed by atoms with Crippen molar-refractivity contribution in [2.75, 3.05) is 18.9 Å². The third kappa shape index (κ3) is 4.29. The Labute approximate surface area is 201 Å². The molecule has 9 heteroatoms. The lowest BCUT2D eigenvalue weighted by molar-refractivity contribution is 0.102. The molecule has 0 radical (unpaired) electrons. The van der Waals surface area contributed by atoms with E-state index >= 15 is 0 Å². The van der Waals surface area contributed by atoms with E-state index in [1.165, 1.54) is 0 Å². The second kappa shape index (κ2) is 8.77. The maximum atomic E-state index is 13.2. The molecule has 1 aliphatic heterocycles. The van der Waals surface area contributed by atoms with Gasteiger partial charge in [-0.25, -0.2) is 0 Å². The van der Waals surface area contributed by atoms with Gasteiger partial charge in [-0.05, 0) is 61.5 Å². The fourth-order valence-electron chi connectivity index (χ4n) is 4.48. The number of nitrogens with zero attached hydrogens (tertiary/aromatic N) is 6. The van der Waals surface area contributed by atoms with Crippen LogP contribution in [-0.2, 0) is 13.1 Å². The van der Waals surface area contributed by atoms with Crippen molar-refractivity contribution in [1.82, 2.24) is 35.1 Å². The Hall–Kier alpha value is -4.37. The fourth-order valence-corrected chi connectivity index (χ4v) is 4.48. The molecule has 3 aromatic heterocycles. The zero-order valence-electron chi connectivity index (χ0n) is 19.3. The van der Waals surface area contributed by atoms with Gasteiger partial charge in [0.1, 0.15) is 5.69 Å². The number of rotatable bonds is 0. The van der Waals surface area contributed by atoms with E-state index in [2.05, 4.69) is 48.8 Å². The number of carbonyl (C=O) groups is 1. The van der Waals surface area contributed by atoms with Gasteiger partial charge in [0.25, 0.3) is 5.91 Å². The number of H-pyrrole nitrogens is 1. The molecular weight excluding hydrogens is 440 g/mol. The lowest BCUT2D eigenvalue weighted by Gasteiger charge is -2.17. The highest BCUT2D eigenvalue weighted by Gasteiger charge is 2.16. The average molecular weight is 465 g/mol. The summed E-state index contributed by atoms with van der Waals surface area (Å²) in [5.74, 6) is -0.280. The molecule has 2 N–H and O–H groups in total. The first-order chi connectivity index (χ1) is 17.1. The van der Waals surface area contributed by atoms with Crippen molar-refractivity contribution in [2.24, 2.45) is 0 Å².